The third-order valence-corrected chi connectivity index (χ3v) is 6.73. The van der Waals surface area contributed by atoms with Crippen molar-refractivity contribution < 1.29 is 4.79 Å². The molecule has 5 rings (SSSR count). The van der Waals surface area contributed by atoms with E-state index in [1.807, 2.05) is 6.07 Å². The third-order valence-electron chi connectivity index (χ3n) is 5.42. The number of aromatic nitrogens is 2. The summed E-state index contributed by atoms with van der Waals surface area (Å²) >= 11 is 7.99. The van der Waals surface area contributed by atoms with E-state index in [0.717, 1.165) is 47.4 Å². The monoisotopic (exact) mass is 442 g/mol. The molecule has 0 aliphatic heterocycles. The molecule has 0 bridgehead atoms. The SMILES string of the molecule is Cc1csc2nc(Nc3ccc(NC(=O)NC4CC4)c(Cl)c3)nc(NC3(C)CC3)c12. The molecule has 2 aromatic heterocycles. The Balaban J connectivity index is 1.37. The van der Waals surface area contributed by atoms with Gasteiger partial charge >= 0.3 is 6.03 Å². The zero-order valence-corrected chi connectivity index (χ0v) is 18.4. The van der Waals surface area contributed by atoms with Crippen LogP contribution in [0.25, 0.3) is 10.2 Å². The van der Waals surface area contributed by atoms with Gasteiger partial charge in [0.1, 0.15) is 10.6 Å². The standard InChI is InChI=1S/C21H23ClN6OS/c1-11-10-30-18-16(11)17(28-21(2)7-8-21)26-19(27-18)23-13-5-6-15(14(22)9-13)25-20(29)24-12-3-4-12/h5-6,9-10,12H,3-4,7-8H2,1-2H3,(H2,24,25,29)(H2,23,26,27,28). The maximum Gasteiger partial charge on any atom is 0.319 e. The summed E-state index contributed by atoms with van der Waals surface area (Å²) in [5, 5.41) is 16.1. The minimum atomic E-state index is -0.230. The molecule has 0 atom stereocenters. The fourth-order valence-corrected chi connectivity index (χ4v) is 4.37. The molecule has 0 radical (unpaired) electrons. The summed E-state index contributed by atoms with van der Waals surface area (Å²) in [6.07, 6.45) is 4.36. The average molecular weight is 443 g/mol. The zero-order chi connectivity index (χ0) is 20.9. The van der Waals surface area contributed by atoms with E-state index in [2.05, 4.69) is 45.5 Å². The van der Waals surface area contributed by atoms with Crippen LogP contribution < -0.4 is 21.3 Å². The van der Waals surface area contributed by atoms with E-state index >= 15 is 0 Å². The number of hydrogen-bond acceptors (Lipinski definition) is 6. The van der Waals surface area contributed by atoms with Gasteiger partial charge in [0.15, 0.2) is 0 Å². The molecule has 0 unspecified atom stereocenters. The van der Waals surface area contributed by atoms with E-state index in [1.165, 1.54) is 5.56 Å². The molecule has 2 fully saturated rings. The van der Waals surface area contributed by atoms with Crippen molar-refractivity contribution in [2.24, 2.45) is 0 Å². The lowest BCUT2D eigenvalue weighted by Crippen LogP contribution is -2.30. The van der Waals surface area contributed by atoms with Crippen LogP contribution in [0.2, 0.25) is 5.02 Å². The topological polar surface area (TPSA) is 91.0 Å². The highest BCUT2D eigenvalue weighted by Crippen LogP contribution is 2.41. The van der Waals surface area contributed by atoms with Crippen LogP contribution in [0.1, 0.15) is 38.2 Å². The summed E-state index contributed by atoms with van der Waals surface area (Å²) in [5.74, 6) is 1.38. The van der Waals surface area contributed by atoms with E-state index in [9.17, 15) is 4.79 Å². The van der Waals surface area contributed by atoms with Crippen LogP contribution in [-0.4, -0.2) is 27.6 Å². The number of anilines is 4. The van der Waals surface area contributed by atoms with Crippen LogP contribution >= 0.6 is 22.9 Å². The lowest BCUT2D eigenvalue weighted by molar-refractivity contribution is 0.251. The highest BCUT2D eigenvalue weighted by atomic mass is 35.5. The van der Waals surface area contributed by atoms with E-state index in [4.69, 9.17) is 16.6 Å². The number of halogens is 1. The molecule has 2 saturated carbocycles. The molecule has 2 amide bonds. The van der Waals surface area contributed by atoms with Crippen LogP contribution in [0.5, 0.6) is 0 Å². The summed E-state index contributed by atoms with van der Waals surface area (Å²) < 4.78 is 0. The molecule has 156 valence electrons. The second-order valence-corrected chi connectivity index (χ2v) is 9.64. The Labute approximate surface area is 183 Å². The van der Waals surface area contributed by atoms with Crippen LogP contribution in [0.15, 0.2) is 23.6 Å². The van der Waals surface area contributed by atoms with Gasteiger partial charge in [-0.1, -0.05) is 11.6 Å². The minimum absolute atomic E-state index is 0.116. The van der Waals surface area contributed by atoms with E-state index < -0.39 is 0 Å². The van der Waals surface area contributed by atoms with Gasteiger partial charge in [-0.15, -0.1) is 11.3 Å². The first kappa shape index (κ1) is 19.4. The summed E-state index contributed by atoms with van der Waals surface area (Å²) in [5.41, 5.74) is 2.61. The van der Waals surface area contributed by atoms with E-state index in [0.29, 0.717) is 22.7 Å². The number of benzene rings is 1. The number of urea groups is 1. The Bertz CT molecular complexity index is 1140. The Kier molecular flexibility index (Phi) is 4.71. The number of fused-ring (bicyclic) bond motifs is 1. The zero-order valence-electron chi connectivity index (χ0n) is 16.8. The number of aryl methyl sites for hydroxylation is 1. The maximum absolute atomic E-state index is 12.0. The molecule has 3 aromatic rings. The van der Waals surface area contributed by atoms with Crippen molar-refractivity contribution in [3.05, 3.63) is 34.2 Å². The quantitative estimate of drug-likeness (QED) is 0.396. The third kappa shape index (κ3) is 4.15. The molecule has 0 spiro atoms. The van der Waals surface area contributed by atoms with Crippen molar-refractivity contribution >= 4 is 62.3 Å². The molecule has 30 heavy (non-hydrogen) atoms. The Hall–Kier alpha value is -2.58. The predicted molar refractivity (Wildman–Crippen MR) is 123 cm³/mol. The first-order valence-corrected chi connectivity index (χ1v) is 11.3. The van der Waals surface area contributed by atoms with Crippen molar-refractivity contribution in [1.82, 2.24) is 15.3 Å². The fourth-order valence-electron chi connectivity index (χ4n) is 3.22. The molecule has 1 aromatic carbocycles. The molecule has 4 N–H and O–H groups in total. The molecule has 2 aliphatic carbocycles. The molecular weight excluding hydrogens is 420 g/mol. The minimum Gasteiger partial charge on any atom is -0.364 e. The van der Waals surface area contributed by atoms with Gasteiger partial charge in [-0.3, -0.25) is 0 Å². The van der Waals surface area contributed by atoms with Crippen molar-refractivity contribution in [2.45, 2.75) is 51.1 Å². The summed E-state index contributed by atoms with van der Waals surface area (Å²) in [4.78, 5) is 22.3. The van der Waals surface area contributed by atoms with Crippen LogP contribution in [-0.2, 0) is 0 Å². The van der Waals surface area contributed by atoms with Crippen molar-refractivity contribution in [1.29, 1.82) is 0 Å². The number of hydrogen-bond donors (Lipinski definition) is 4. The first-order valence-electron chi connectivity index (χ1n) is 10.1. The predicted octanol–water partition coefficient (Wildman–Crippen LogP) is 5.65. The molecular formula is C21H23ClN6OS. The van der Waals surface area contributed by atoms with Crippen LogP contribution in [0.3, 0.4) is 0 Å². The van der Waals surface area contributed by atoms with Crippen molar-refractivity contribution in [2.75, 3.05) is 16.0 Å². The molecule has 7 nitrogen and oxygen atoms in total. The Morgan fingerprint density at radius 2 is 2.07 bits per heavy atom. The van der Waals surface area contributed by atoms with Gasteiger partial charge in [0.2, 0.25) is 5.95 Å². The van der Waals surface area contributed by atoms with Gasteiger partial charge in [-0.2, -0.15) is 4.98 Å². The Morgan fingerprint density at radius 3 is 2.77 bits per heavy atom. The lowest BCUT2D eigenvalue weighted by atomic mass is 10.2. The number of thiophene rings is 1. The van der Waals surface area contributed by atoms with Gasteiger partial charge in [0.25, 0.3) is 0 Å². The lowest BCUT2D eigenvalue weighted by Gasteiger charge is -2.15. The summed E-state index contributed by atoms with van der Waals surface area (Å²) in [7, 11) is 0. The highest BCUT2D eigenvalue weighted by Gasteiger charge is 2.38. The average Bonchev–Trinajstić information content (AvgIpc) is 3.60. The number of carbonyl (C=O) groups excluding carboxylic acids is 1. The smallest absolute Gasteiger partial charge is 0.319 e. The maximum atomic E-state index is 12.0. The normalized spacial score (nSPS) is 16.9. The Morgan fingerprint density at radius 1 is 1.27 bits per heavy atom. The molecule has 9 heteroatoms. The van der Waals surface area contributed by atoms with Gasteiger partial charge in [0, 0.05) is 17.3 Å². The fraction of sp³-hybridized carbons (Fsp3) is 0.381. The molecule has 2 aliphatic rings. The number of carbonyl (C=O) groups is 1. The largest absolute Gasteiger partial charge is 0.364 e. The van der Waals surface area contributed by atoms with Gasteiger partial charge in [-0.05, 0) is 68.7 Å². The number of amides is 2. The number of nitrogens with one attached hydrogen (secondary N) is 4. The summed E-state index contributed by atoms with van der Waals surface area (Å²) in [6, 6.07) is 5.44. The van der Waals surface area contributed by atoms with E-state index in [1.54, 1.807) is 23.5 Å². The second kappa shape index (κ2) is 7.28. The van der Waals surface area contributed by atoms with Gasteiger partial charge < -0.3 is 21.3 Å². The molecule has 0 saturated heterocycles. The first-order chi connectivity index (χ1) is 14.4. The van der Waals surface area contributed by atoms with E-state index in [-0.39, 0.29) is 11.6 Å². The molecule has 2 heterocycles. The van der Waals surface area contributed by atoms with Crippen LogP contribution in [0, 0.1) is 6.92 Å². The highest BCUT2D eigenvalue weighted by molar-refractivity contribution is 7.17. The summed E-state index contributed by atoms with van der Waals surface area (Å²) in [6.45, 7) is 4.29. The van der Waals surface area contributed by atoms with Crippen LogP contribution in [0.4, 0.5) is 27.9 Å². The van der Waals surface area contributed by atoms with Gasteiger partial charge in [-0.25, -0.2) is 9.78 Å². The van der Waals surface area contributed by atoms with Crippen molar-refractivity contribution in [3.8, 4) is 0 Å². The van der Waals surface area contributed by atoms with Crippen molar-refractivity contribution in [3.63, 3.8) is 0 Å². The van der Waals surface area contributed by atoms with Gasteiger partial charge in [0.05, 0.1) is 16.1 Å². The number of rotatable bonds is 6. The number of nitrogens with zero attached hydrogens (tertiary/aromatic N) is 2. The second-order valence-electron chi connectivity index (χ2n) is 8.37.